The van der Waals surface area contributed by atoms with Crippen LogP contribution >= 0.6 is 11.3 Å². The monoisotopic (exact) mass is 619 g/mol. The minimum Gasteiger partial charge on any atom is -0.495 e. The number of nitrogens with one attached hydrogen (secondary N) is 1. The summed E-state index contributed by atoms with van der Waals surface area (Å²) in [7, 11) is 3.77. The lowest BCUT2D eigenvalue weighted by Gasteiger charge is -2.42. The normalized spacial score (nSPS) is 18.2. The largest absolute Gasteiger partial charge is 0.495 e. The standard InChI is InChI=1S/C31H41N9O3S/c1-6-39-24-19-32-31(35-27(24)40(7-2)30-26(29(39)42)33-20(3)44-30)34-23-9-8-21(18-25(23)43-5)28(41)38-12-10-22(11-13-38)37-16-14-36(4)15-17-37/h8-9,18-19,22H,6-7,10-17H2,1-5H3,(H,32,34,35). The number of methoxy groups -OCH3 is 1. The SMILES string of the molecule is CCN1C(=O)c2nc(C)sc2N(CC)c2nc(Nc3ccc(C(=O)N4CCC(N5CCN(C)CC5)CC4)cc3OC)ncc21. The van der Waals surface area contributed by atoms with Gasteiger partial charge in [-0.15, -0.1) is 11.3 Å². The molecule has 13 heteroatoms. The van der Waals surface area contributed by atoms with Crippen LogP contribution in [0.25, 0.3) is 0 Å². The van der Waals surface area contributed by atoms with Crippen LogP contribution in [0.1, 0.15) is 52.5 Å². The van der Waals surface area contributed by atoms with Gasteiger partial charge in [0.1, 0.15) is 16.4 Å². The van der Waals surface area contributed by atoms with Crippen LogP contribution in [0.2, 0.25) is 0 Å². The molecule has 12 nitrogen and oxygen atoms in total. The first-order valence-electron chi connectivity index (χ1n) is 15.4. The second-order valence-corrected chi connectivity index (χ2v) is 12.7. The number of fused-ring (bicyclic) bond motifs is 2. The molecule has 2 aromatic heterocycles. The maximum Gasteiger partial charge on any atom is 0.280 e. The highest BCUT2D eigenvalue weighted by Gasteiger charge is 2.34. The fraction of sp³-hybridized carbons (Fsp3) is 0.516. The van der Waals surface area contributed by atoms with Crippen LogP contribution in [0.5, 0.6) is 5.75 Å². The van der Waals surface area contributed by atoms with E-state index in [4.69, 9.17) is 9.72 Å². The maximum absolute atomic E-state index is 13.5. The molecule has 2 saturated heterocycles. The van der Waals surface area contributed by atoms with E-state index in [0.29, 0.717) is 59.3 Å². The van der Waals surface area contributed by atoms with Crippen LogP contribution in [0, 0.1) is 6.92 Å². The molecule has 3 aromatic rings. The quantitative estimate of drug-likeness (QED) is 0.417. The van der Waals surface area contributed by atoms with Crippen molar-refractivity contribution in [1.29, 1.82) is 0 Å². The van der Waals surface area contributed by atoms with Crippen LogP contribution < -0.4 is 19.9 Å². The van der Waals surface area contributed by atoms with E-state index in [1.807, 2.05) is 42.7 Å². The topological polar surface area (TPSA) is 110 Å². The Morgan fingerprint density at radius 3 is 2.45 bits per heavy atom. The molecular weight excluding hydrogens is 578 g/mol. The summed E-state index contributed by atoms with van der Waals surface area (Å²) in [6.07, 6.45) is 3.68. The van der Waals surface area contributed by atoms with Gasteiger partial charge < -0.3 is 29.7 Å². The first kappa shape index (κ1) is 30.2. The van der Waals surface area contributed by atoms with Crippen LogP contribution in [-0.4, -0.2) is 114 Å². The molecule has 0 bridgehead atoms. The highest BCUT2D eigenvalue weighted by molar-refractivity contribution is 7.16. The average molecular weight is 620 g/mol. The van der Waals surface area contributed by atoms with Gasteiger partial charge in [0.05, 0.1) is 24.0 Å². The molecular formula is C31H41N9O3S. The fourth-order valence-corrected chi connectivity index (χ4v) is 7.32. The van der Waals surface area contributed by atoms with E-state index in [2.05, 4.69) is 32.1 Å². The van der Waals surface area contributed by atoms with Crippen LogP contribution in [-0.2, 0) is 0 Å². The number of nitrogens with zero attached hydrogens (tertiary/aromatic N) is 8. The van der Waals surface area contributed by atoms with Crippen molar-refractivity contribution in [3.63, 3.8) is 0 Å². The molecule has 3 aliphatic rings. The van der Waals surface area contributed by atoms with E-state index in [0.717, 1.165) is 62.1 Å². The van der Waals surface area contributed by atoms with Gasteiger partial charge in [-0.3, -0.25) is 14.5 Å². The molecule has 0 unspecified atom stereocenters. The second-order valence-electron chi connectivity index (χ2n) is 11.5. The van der Waals surface area contributed by atoms with Gasteiger partial charge in [-0.1, -0.05) is 0 Å². The number of benzene rings is 1. The summed E-state index contributed by atoms with van der Waals surface area (Å²) in [4.78, 5) is 51.4. The highest BCUT2D eigenvalue weighted by Crippen LogP contribution is 2.42. The molecule has 234 valence electrons. The van der Waals surface area contributed by atoms with Crippen molar-refractivity contribution in [2.75, 3.05) is 81.6 Å². The number of likely N-dealkylation sites (tertiary alicyclic amines) is 1. The smallest absolute Gasteiger partial charge is 0.280 e. The fourth-order valence-electron chi connectivity index (χ4n) is 6.35. The van der Waals surface area contributed by atoms with Crippen LogP contribution in [0.3, 0.4) is 0 Å². The number of rotatable bonds is 7. The first-order chi connectivity index (χ1) is 21.3. The van der Waals surface area contributed by atoms with Gasteiger partial charge in [-0.05, 0) is 58.9 Å². The van der Waals surface area contributed by atoms with Crippen molar-refractivity contribution < 1.29 is 14.3 Å². The average Bonchev–Trinajstić information content (AvgIpc) is 3.40. The highest BCUT2D eigenvalue weighted by atomic mass is 32.1. The van der Waals surface area contributed by atoms with Crippen molar-refractivity contribution in [1.82, 2.24) is 29.7 Å². The molecule has 0 aliphatic carbocycles. The molecule has 2 fully saturated rings. The summed E-state index contributed by atoms with van der Waals surface area (Å²) in [6, 6.07) is 5.99. The summed E-state index contributed by atoms with van der Waals surface area (Å²) in [5.41, 5.74) is 2.31. The molecule has 0 radical (unpaired) electrons. The Bertz CT molecular complexity index is 1530. The molecule has 3 aliphatic heterocycles. The van der Waals surface area contributed by atoms with Gasteiger partial charge in [-0.2, -0.15) is 4.98 Å². The molecule has 5 heterocycles. The van der Waals surface area contributed by atoms with E-state index in [9.17, 15) is 9.59 Å². The molecule has 44 heavy (non-hydrogen) atoms. The van der Waals surface area contributed by atoms with Gasteiger partial charge >= 0.3 is 0 Å². The molecule has 6 rings (SSSR count). The Hall–Kier alpha value is -3.81. The molecule has 0 saturated carbocycles. The van der Waals surface area contributed by atoms with E-state index in [1.54, 1.807) is 24.3 Å². The summed E-state index contributed by atoms with van der Waals surface area (Å²) in [5.74, 6) is 1.39. The summed E-state index contributed by atoms with van der Waals surface area (Å²) >= 11 is 1.48. The van der Waals surface area contributed by atoms with Crippen LogP contribution in [0.15, 0.2) is 24.4 Å². The van der Waals surface area contributed by atoms with Gasteiger partial charge in [0.15, 0.2) is 11.5 Å². The van der Waals surface area contributed by atoms with E-state index >= 15 is 0 Å². The zero-order valence-electron chi connectivity index (χ0n) is 26.2. The van der Waals surface area contributed by atoms with Crippen molar-refractivity contribution in [3.8, 4) is 5.75 Å². The number of aryl methyl sites for hydroxylation is 1. The number of aromatic nitrogens is 3. The minimum absolute atomic E-state index is 0.0199. The Kier molecular flexibility index (Phi) is 8.70. The third-order valence-corrected chi connectivity index (χ3v) is 9.83. The lowest BCUT2D eigenvalue weighted by molar-refractivity contribution is 0.0518. The third-order valence-electron chi connectivity index (χ3n) is 8.84. The van der Waals surface area contributed by atoms with E-state index in [1.165, 1.54) is 11.3 Å². The number of thiazole rings is 1. The molecule has 1 aromatic carbocycles. The number of amides is 2. The Labute approximate surface area is 262 Å². The number of ether oxygens (including phenoxy) is 1. The third kappa shape index (κ3) is 5.71. The van der Waals surface area contributed by atoms with E-state index < -0.39 is 0 Å². The predicted molar refractivity (Wildman–Crippen MR) is 173 cm³/mol. The zero-order valence-corrected chi connectivity index (χ0v) is 27.0. The first-order valence-corrected chi connectivity index (χ1v) is 16.2. The minimum atomic E-state index is -0.154. The maximum atomic E-state index is 13.5. The number of hydrogen-bond donors (Lipinski definition) is 1. The Morgan fingerprint density at radius 2 is 1.77 bits per heavy atom. The number of piperidine rings is 1. The molecule has 0 spiro atoms. The van der Waals surface area contributed by atoms with Gasteiger partial charge in [0, 0.05) is 64.0 Å². The summed E-state index contributed by atoms with van der Waals surface area (Å²) in [6.45, 7) is 12.9. The number of carbonyl (C=O) groups excluding carboxylic acids is 2. The lowest BCUT2D eigenvalue weighted by atomic mass is 10.0. The zero-order chi connectivity index (χ0) is 31.0. The Morgan fingerprint density at radius 1 is 1.05 bits per heavy atom. The molecule has 2 amide bonds. The predicted octanol–water partition coefficient (Wildman–Crippen LogP) is 3.98. The molecule has 0 atom stereocenters. The number of carbonyl (C=O) groups is 2. The number of hydrogen-bond acceptors (Lipinski definition) is 11. The van der Waals surface area contributed by atoms with Gasteiger partial charge in [0.25, 0.3) is 11.8 Å². The van der Waals surface area contributed by atoms with Crippen molar-refractivity contribution >= 4 is 51.3 Å². The molecule has 1 N–H and O–H groups in total. The second kappa shape index (κ2) is 12.7. The van der Waals surface area contributed by atoms with Crippen molar-refractivity contribution in [2.24, 2.45) is 0 Å². The summed E-state index contributed by atoms with van der Waals surface area (Å²) in [5, 5.41) is 4.89. The van der Waals surface area contributed by atoms with Gasteiger partial charge in [0.2, 0.25) is 5.95 Å². The van der Waals surface area contributed by atoms with Gasteiger partial charge in [-0.25, -0.2) is 9.97 Å². The van der Waals surface area contributed by atoms with Crippen molar-refractivity contribution in [2.45, 2.75) is 39.7 Å². The lowest BCUT2D eigenvalue weighted by Crippen LogP contribution is -2.52. The summed E-state index contributed by atoms with van der Waals surface area (Å²) < 4.78 is 5.70. The Balaban J connectivity index is 1.19. The van der Waals surface area contributed by atoms with E-state index in [-0.39, 0.29) is 11.8 Å². The number of likely N-dealkylation sites (N-methyl/N-ethyl adjacent to an activating group) is 1. The number of piperazine rings is 1. The number of anilines is 5. The van der Waals surface area contributed by atoms with Crippen LogP contribution in [0.4, 0.5) is 28.1 Å². The van der Waals surface area contributed by atoms with Crippen molar-refractivity contribution in [3.05, 3.63) is 40.7 Å².